The van der Waals surface area contributed by atoms with E-state index in [2.05, 4.69) is 5.32 Å². The van der Waals surface area contributed by atoms with E-state index in [4.69, 9.17) is 4.74 Å². The molecule has 1 N–H and O–H groups in total. The predicted octanol–water partition coefficient (Wildman–Crippen LogP) is 3.27. The second-order valence-electron chi connectivity index (χ2n) is 6.78. The molecule has 1 amide bonds. The fourth-order valence-corrected chi connectivity index (χ4v) is 4.28. The van der Waals surface area contributed by atoms with E-state index < -0.39 is 27.9 Å². The minimum atomic E-state index is -3.72. The number of carbonyl (C=O) groups is 2. The van der Waals surface area contributed by atoms with Crippen molar-refractivity contribution in [1.82, 2.24) is 0 Å². The number of methoxy groups -OCH3 is 1. The van der Waals surface area contributed by atoms with Gasteiger partial charge in [0, 0.05) is 5.69 Å². The summed E-state index contributed by atoms with van der Waals surface area (Å²) >= 11 is 0. The molecule has 156 valence electrons. The molecule has 0 aliphatic rings. The molecule has 0 spiro atoms. The zero-order valence-corrected chi connectivity index (χ0v) is 18.0. The number of hydrogen-bond donors (Lipinski definition) is 1. The monoisotopic (exact) mass is 418 g/mol. The zero-order chi connectivity index (χ0) is 21.8. The van der Waals surface area contributed by atoms with Crippen molar-refractivity contribution >= 4 is 33.3 Å². The van der Waals surface area contributed by atoms with Gasteiger partial charge in [0.2, 0.25) is 15.9 Å². The molecule has 8 heteroatoms. The Kier molecular flexibility index (Phi) is 7.02. The van der Waals surface area contributed by atoms with Crippen LogP contribution in [-0.4, -0.2) is 39.7 Å². The highest BCUT2D eigenvalue weighted by molar-refractivity contribution is 7.92. The van der Waals surface area contributed by atoms with Gasteiger partial charge < -0.3 is 10.1 Å². The molecule has 2 aromatic rings. The molecule has 0 heterocycles. The summed E-state index contributed by atoms with van der Waals surface area (Å²) in [7, 11) is -2.43. The van der Waals surface area contributed by atoms with Crippen LogP contribution in [-0.2, 0) is 19.6 Å². The van der Waals surface area contributed by atoms with Gasteiger partial charge in [-0.15, -0.1) is 0 Å². The minimum Gasteiger partial charge on any atom is -0.465 e. The number of nitrogens with zero attached hydrogens (tertiary/aromatic N) is 1. The minimum absolute atomic E-state index is 0.266. The topological polar surface area (TPSA) is 92.8 Å². The maximum atomic E-state index is 13.0. The fourth-order valence-electron chi connectivity index (χ4n) is 3.07. The molecule has 0 aliphatic carbocycles. The molecule has 0 saturated carbocycles. The van der Waals surface area contributed by atoms with Crippen LogP contribution in [0.2, 0.25) is 0 Å². The van der Waals surface area contributed by atoms with Crippen LogP contribution in [0.15, 0.2) is 42.5 Å². The molecule has 0 aromatic heterocycles. The van der Waals surface area contributed by atoms with Crippen LogP contribution in [0.25, 0.3) is 0 Å². The second-order valence-corrected chi connectivity index (χ2v) is 8.64. The summed E-state index contributed by atoms with van der Waals surface area (Å²) in [6, 6.07) is 10.9. The Balaban J connectivity index is 2.41. The molecule has 2 rings (SSSR count). The van der Waals surface area contributed by atoms with Gasteiger partial charge in [0.1, 0.15) is 6.04 Å². The van der Waals surface area contributed by atoms with Crippen LogP contribution in [0.5, 0.6) is 0 Å². The average molecular weight is 419 g/mol. The lowest BCUT2D eigenvalue weighted by Crippen LogP contribution is -2.47. The first-order chi connectivity index (χ1) is 13.6. The molecule has 0 fully saturated rings. The van der Waals surface area contributed by atoms with E-state index in [0.29, 0.717) is 22.5 Å². The van der Waals surface area contributed by atoms with Gasteiger partial charge in [0.05, 0.1) is 24.6 Å². The van der Waals surface area contributed by atoms with Gasteiger partial charge in [-0.3, -0.25) is 9.10 Å². The van der Waals surface area contributed by atoms with E-state index in [0.717, 1.165) is 16.1 Å². The number of nitrogens with one attached hydrogen (secondary N) is 1. The van der Waals surface area contributed by atoms with Crippen molar-refractivity contribution in [2.45, 2.75) is 33.2 Å². The lowest BCUT2D eigenvalue weighted by Gasteiger charge is -2.30. The standard InChI is InChI=1S/C21H26N2O5S/c1-6-19(23(29(5,26)27)16-12-10-14(2)11-13-16)20(24)22-18-9-7-8-17(15(18)3)21(25)28-4/h7-13,19H,6H2,1-5H3,(H,22,24). The van der Waals surface area contributed by atoms with E-state index >= 15 is 0 Å². The summed E-state index contributed by atoms with van der Waals surface area (Å²) in [5.74, 6) is -0.994. The van der Waals surface area contributed by atoms with Gasteiger partial charge in [0.15, 0.2) is 0 Å². The summed E-state index contributed by atoms with van der Waals surface area (Å²) in [6.07, 6.45) is 1.34. The van der Waals surface area contributed by atoms with E-state index in [1.807, 2.05) is 6.92 Å². The third-order valence-corrected chi connectivity index (χ3v) is 5.80. The lowest BCUT2D eigenvalue weighted by atomic mass is 10.1. The smallest absolute Gasteiger partial charge is 0.338 e. The number of aryl methyl sites for hydroxylation is 1. The Morgan fingerprint density at radius 3 is 2.24 bits per heavy atom. The molecule has 7 nitrogen and oxygen atoms in total. The third-order valence-electron chi connectivity index (χ3n) is 4.62. The summed E-state index contributed by atoms with van der Waals surface area (Å²) < 4.78 is 30.9. The van der Waals surface area contributed by atoms with Crippen LogP contribution in [0.3, 0.4) is 0 Å². The van der Waals surface area contributed by atoms with Gasteiger partial charge in [-0.2, -0.15) is 0 Å². The number of amides is 1. The number of esters is 1. The fraction of sp³-hybridized carbons (Fsp3) is 0.333. The summed E-state index contributed by atoms with van der Waals surface area (Å²) in [4.78, 5) is 24.9. The molecule has 2 aromatic carbocycles. The largest absolute Gasteiger partial charge is 0.465 e. The van der Waals surface area contributed by atoms with E-state index in [1.165, 1.54) is 7.11 Å². The van der Waals surface area contributed by atoms with E-state index in [-0.39, 0.29) is 6.42 Å². The van der Waals surface area contributed by atoms with Gasteiger partial charge in [0.25, 0.3) is 0 Å². The Bertz CT molecular complexity index is 1000. The van der Waals surface area contributed by atoms with Crippen molar-refractivity contribution in [3.63, 3.8) is 0 Å². The van der Waals surface area contributed by atoms with Crippen LogP contribution < -0.4 is 9.62 Å². The maximum absolute atomic E-state index is 13.0. The number of sulfonamides is 1. The van der Waals surface area contributed by atoms with E-state index in [1.54, 1.807) is 56.3 Å². The molecule has 0 bridgehead atoms. The predicted molar refractivity (Wildman–Crippen MR) is 114 cm³/mol. The first-order valence-corrected chi connectivity index (χ1v) is 11.0. The van der Waals surface area contributed by atoms with E-state index in [9.17, 15) is 18.0 Å². The van der Waals surface area contributed by atoms with Gasteiger partial charge >= 0.3 is 5.97 Å². The average Bonchev–Trinajstić information content (AvgIpc) is 2.67. The number of ether oxygens (including phenoxy) is 1. The molecule has 0 aliphatic heterocycles. The number of hydrogen-bond acceptors (Lipinski definition) is 5. The summed E-state index contributed by atoms with van der Waals surface area (Å²) in [5.41, 5.74) is 2.70. The van der Waals surface area contributed by atoms with Crippen LogP contribution >= 0.6 is 0 Å². The van der Waals surface area contributed by atoms with Gasteiger partial charge in [-0.05, 0) is 50.1 Å². The maximum Gasteiger partial charge on any atom is 0.338 e. The van der Waals surface area contributed by atoms with Crippen LogP contribution in [0.1, 0.15) is 34.8 Å². The van der Waals surface area contributed by atoms with Crippen molar-refractivity contribution in [2.75, 3.05) is 23.0 Å². The van der Waals surface area contributed by atoms with Crippen molar-refractivity contribution in [3.05, 3.63) is 59.2 Å². The zero-order valence-electron chi connectivity index (χ0n) is 17.2. The third kappa shape index (κ3) is 5.14. The molecular weight excluding hydrogens is 392 g/mol. The number of carbonyl (C=O) groups excluding carboxylic acids is 2. The number of anilines is 2. The Hall–Kier alpha value is -2.87. The molecule has 0 radical (unpaired) electrons. The highest BCUT2D eigenvalue weighted by atomic mass is 32.2. The first-order valence-electron chi connectivity index (χ1n) is 9.15. The summed E-state index contributed by atoms with van der Waals surface area (Å²) in [5, 5.41) is 2.76. The molecule has 1 atom stereocenters. The Morgan fingerprint density at radius 1 is 1.10 bits per heavy atom. The summed E-state index contributed by atoms with van der Waals surface area (Å²) in [6.45, 7) is 5.33. The Labute approximate surface area is 171 Å². The van der Waals surface area contributed by atoms with Crippen molar-refractivity contribution in [3.8, 4) is 0 Å². The first kappa shape index (κ1) is 22.4. The number of benzene rings is 2. The number of rotatable bonds is 7. The van der Waals surface area contributed by atoms with Gasteiger partial charge in [-0.1, -0.05) is 30.7 Å². The quantitative estimate of drug-likeness (QED) is 0.697. The van der Waals surface area contributed by atoms with Crippen molar-refractivity contribution in [2.24, 2.45) is 0 Å². The lowest BCUT2D eigenvalue weighted by molar-refractivity contribution is -0.117. The SMILES string of the molecule is CCC(C(=O)Nc1cccc(C(=O)OC)c1C)N(c1ccc(C)cc1)S(C)(=O)=O. The molecular formula is C21H26N2O5S. The second kappa shape index (κ2) is 9.09. The van der Waals surface area contributed by atoms with Crippen LogP contribution in [0, 0.1) is 13.8 Å². The highest BCUT2D eigenvalue weighted by Gasteiger charge is 2.31. The molecule has 1 unspecified atom stereocenters. The van der Waals surface area contributed by atoms with Crippen LogP contribution in [0.4, 0.5) is 11.4 Å². The molecule has 0 saturated heterocycles. The molecule has 29 heavy (non-hydrogen) atoms. The van der Waals surface area contributed by atoms with Gasteiger partial charge in [-0.25, -0.2) is 13.2 Å². The van der Waals surface area contributed by atoms with Crippen molar-refractivity contribution in [1.29, 1.82) is 0 Å². The van der Waals surface area contributed by atoms with Crippen molar-refractivity contribution < 1.29 is 22.7 Å². The normalized spacial score (nSPS) is 12.2. The highest BCUT2D eigenvalue weighted by Crippen LogP contribution is 2.25. The Morgan fingerprint density at radius 2 is 1.72 bits per heavy atom.